The van der Waals surface area contributed by atoms with Crippen LogP contribution in [0.15, 0.2) is 17.0 Å². The van der Waals surface area contributed by atoms with E-state index in [-0.39, 0.29) is 34.3 Å². The zero-order valence-corrected chi connectivity index (χ0v) is 16.4. The Hall–Kier alpha value is -1.49. The SMILES string of the molecule is CN1C(=O)CC(Sc2cc(C(C)(C)C)c(O)c(C(C)(C)C)c2)C1=O. The molecule has 2 amide bonds. The van der Waals surface area contributed by atoms with Crippen molar-refractivity contribution in [3.05, 3.63) is 23.3 Å². The van der Waals surface area contributed by atoms with Gasteiger partial charge in [-0.3, -0.25) is 14.5 Å². The van der Waals surface area contributed by atoms with Crippen molar-refractivity contribution < 1.29 is 14.7 Å². The van der Waals surface area contributed by atoms with Crippen molar-refractivity contribution in [1.29, 1.82) is 0 Å². The van der Waals surface area contributed by atoms with Gasteiger partial charge in [0.2, 0.25) is 11.8 Å². The Morgan fingerprint density at radius 2 is 1.50 bits per heavy atom. The quantitative estimate of drug-likeness (QED) is 0.824. The van der Waals surface area contributed by atoms with Crippen molar-refractivity contribution >= 4 is 23.6 Å². The predicted octanol–water partition coefficient (Wildman–Crippen LogP) is 3.84. The summed E-state index contributed by atoms with van der Waals surface area (Å²) in [7, 11) is 1.53. The number of amides is 2. The lowest BCUT2D eigenvalue weighted by atomic mass is 9.79. The molecule has 1 saturated heterocycles. The minimum Gasteiger partial charge on any atom is -0.507 e. The molecule has 1 aliphatic heterocycles. The van der Waals surface area contributed by atoms with E-state index in [1.807, 2.05) is 12.1 Å². The summed E-state index contributed by atoms with van der Waals surface area (Å²) in [6.07, 6.45) is 0.233. The van der Waals surface area contributed by atoms with Gasteiger partial charge >= 0.3 is 0 Å². The van der Waals surface area contributed by atoms with Gasteiger partial charge in [-0.15, -0.1) is 11.8 Å². The fraction of sp³-hybridized carbons (Fsp3) is 0.579. The zero-order chi connectivity index (χ0) is 18.4. The molecule has 0 aromatic heterocycles. The van der Waals surface area contributed by atoms with Crippen molar-refractivity contribution in [2.24, 2.45) is 0 Å². The van der Waals surface area contributed by atoms with Gasteiger partial charge in [0.15, 0.2) is 0 Å². The highest BCUT2D eigenvalue weighted by atomic mass is 32.2. The number of phenolic OH excluding ortho intramolecular Hbond substituents is 1. The van der Waals surface area contributed by atoms with Crippen LogP contribution in [0.2, 0.25) is 0 Å². The first-order chi connectivity index (χ1) is 10.8. The Bertz CT molecular complexity index is 648. The van der Waals surface area contributed by atoms with Crippen LogP contribution < -0.4 is 0 Å². The first kappa shape index (κ1) is 18.8. The first-order valence-corrected chi connectivity index (χ1v) is 9.05. The first-order valence-electron chi connectivity index (χ1n) is 8.17. The molecule has 4 nitrogen and oxygen atoms in total. The lowest BCUT2D eigenvalue weighted by Crippen LogP contribution is -2.26. The van der Waals surface area contributed by atoms with Crippen LogP contribution >= 0.6 is 11.8 Å². The molecule has 5 heteroatoms. The van der Waals surface area contributed by atoms with E-state index < -0.39 is 0 Å². The van der Waals surface area contributed by atoms with E-state index in [0.717, 1.165) is 16.0 Å². The number of phenols is 1. The molecule has 0 radical (unpaired) electrons. The molecular weight excluding hydrogens is 322 g/mol. The number of likely N-dealkylation sites (tertiary alicyclic amines) is 1. The zero-order valence-electron chi connectivity index (χ0n) is 15.6. The molecule has 1 fully saturated rings. The van der Waals surface area contributed by atoms with Gasteiger partial charge in [0.05, 0.1) is 5.25 Å². The van der Waals surface area contributed by atoms with Gasteiger partial charge in [-0.2, -0.15) is 0 Å². The average molecular weight is 349 g/mol. The Morgan fingerprint density at radius 3 is 1.83 bits per heavy atom. The minimum atomic E-state index is -0.382. The maximum atomic E-state index is 12.2. The van der Waals surface area contributed by atoms with Crippen molar-refractivity contribution in [2.45, 2.75) is 68.9 Å². The van der Waals surface area contributed by atoms with E-state index in [1.54, 1.807) is 0 Å². The highest BCUT2D eigenvalue weighted by molar-refractivity contribution is 8.00. The summed E-state index contributed by atoms with van der Waals surface area (Å²) in [6, 6.07) is 3.90. The van der Waals surface area contributed by atoms with E-state index in [2.05, 4.69) is 41.5 Å². The molecule has 0 aliphatic carbocycles. The van der Waals surface area contributed by atoms with Gasteiger partial charge < -0.3 is 5.11 Å². The topological polar surface area (TPSA) is 57.6 Å². The van der Waals surface area contributed by atoms with E-state index in [1.165, 1.54) is 23.7 Å². The van der Waals surface area contributed by atoms with E-state index >= 15 is 0 Å². The number of nitrogens with zero attached hydrogens (tertiary/aromatic N) is 1. The smallest absolute Gasteiger partial charge is 0.242 e. The molecule has 0 spiro atoms. The van der Waals surface area contributed by atoms with Crippen molar-refractivity contribution in [2.75, 3.05) is 7.05 Å². The summed E-state index contributed by atoms with van der Waals surface area (Å²) in [6.45, 7) is 12.3. The molecule has 1 unspecified atom stereocenters. The van der Waals surface area contributed by atoms with Gasteiger partial charge in [-0.05, 0) is 23.0 Å². The number of carbonyl (C=O) groups is 2. The van der Waals surface area contributed by atoms with E-state index in [4.69, 9.17) is 0 Å². The Balaban J connectivity index is 2.48. The minimum absolute atomic E-state index is 0.136. The summed E-state index contributed by atoms with van der Waals surface area (Å²) in [4.78, 5) is 26.1. The van der Waals surface area contributed by atoms with E-state index in [0.29, 0.717) is 5.75 Å². The fourth-order valence-corrected chi connectivity index (χ4v) is 3.98. The van der Waals surface area contributed by atoms with Crippen molar-refractivity contribution in [1.82, 2.24) is 4.90 Å². The van der Waals surface area contributed by atoms with Crippen LogP contribution in [0.5, 0.6) is 5.75 Å². The van der Waals surface area contributed by atoms with Crippen LogP contribution in [-0.2, 0) is 20.4 Å². The number of thioether (sulfide) groups is 1. The molecule has 2 rings (SSSR count). The van der Waals surface area contributed by atoms with Crippen LogP contribution in [-0.4, -0.2) is 34.1 Å². The second kappa shape index (κ2) is 6.10. The summed E-state index contributed by atoms with van der Waals surface area (Å²) in [5.41, 5.74) is 1.30. The van der Waals surface area contributed by atoms with Gasteiger partial charge in [0.25, 0.3) is 0 Å². The van der Waals surface area contributed by atoms with Crippen molar-refractivity contribution in [3.8, 4) is 5.75 Å². The lowest BCUT2D eigenvalue weighted by molar-refractivity contribution is -0.136. The number of benzene rings is 1. The summed E-state index contributed by atoms with van der Waals surface area (Å²) < 4.78 is 0. The Kier molecular flexibility index (Phi) is 4.79. The predicted molar refractivity (Wildman–Crippen MR) is 97.5 cm³/mol. The van der Waals surface area contributed by atoms with Gasteiger partial charge in [0, 0.05) is 29.5 Å². The molecule has 132 valence electrons. The van der Waals surface area contributed by atoms with Crippen LogP contribution in [0.4, 0.5) is 0 Å². The van der Waals surface area contributed by atoms with Gasteiger partial charge in [-0.1, -0.05) is 41.5 Å². The molecule has 1 atom stereocenters. The number of hydrogen-bond donors (Lipinski definition) is 1. The maximum absolute atomic E-state index is 12.2. The van der Waals surface area contributed by atoms with Crippen LogP contribution in [0.3, 0.4) is 0 Å². The molecule has 1 N–H and O–H groups in total. The Morgan fingerprint density at radius 1 is 1.04 bits per heavy atom. The molecule has 1 aliphatic rings. The Labute approximate surface area is 148 Å². The molecule has 24 heavy (non-hydrogen) atoms. The molecule has 0 saturated carbocycles. The highest BCUT2D eigenvalue weighted by Gasteiger charge is 2.37. The molecule has 0 bridgehead atoms. The average Bonchev–Trinajstić information content (AvgIpc) is 2.65. The molecule has 1 heterocycles. The second-order valence-electron chi connectivity index (χ2n) is 8.47. The molecular formula is C19H27NO3S. The number of imide groups is 1. The highest BCUT2D eigenvalue weighted by Crippen LogP contribution is 2.43. The maximum Gasteiger partial charge on any atom is 0.242 e. The monoisotopic (exact) mass is 349 g/mol. The third-order valence-corrected chi connectivity index (χ3v) is 5.48. The number of aromatic hydroxyl groups is 1. The van der Waals surface area contributed by atoms with Gasteiger partial charge in [0.1, 0.15) is 5.75 Å². The lowest BCUT2D eigenvalue weighted by Gasteiger charge is -2.28. The standard InChI is InChI=1S/C19H27NO3S/c1-18(2,3)12-8-11(9-13(16(12)22)19(4,5)6)24-14-10-15(21)20(7)17(14)23/h8-9,14,22H,10H2,1-7H3. The second-order valence-corrected chi connectivity index (χ2v) is 9.74. The fourth-order valence-electron chi connectivity index (χ4n) is 2.80. The number of rotatable bonds is 2. The molecule has 1 aromatic carbocycles. The van der Waals surface area contributed by atoms with Crippen LogP contribution in [0, 0.1) is 0 Å². The third kappa shape index (κ3) is 3.61. The van der Waals surface area contributed by atoms with E-state index in [9.17, 15) is 14.7 Å². The normalized spacial score (nSPS) is 19.3. The summed E-state index contributed by atoms with van der Waals surface area (Å²) >= 11 is 1.41. The van der Waals surface area contributed by atoms with Crippen molar-refractivity contribution in [3.63, 3.8) is 0 Å². The number of carbonyl (C=O) groups excluding carboxylic acids is 2. The van der Waals surface area contributed by atoms with Gasteiger partial charge in [-0.25, -0.2) is 0 Å². The van der Waals surface area contributed by atoms with Crippen LogP contribution in [0.25, 0.3) is 0 Å². The third-order valence-electron chi connectivity index (χ3n) is 4.32. The summed E-state index contributed by atoms with van der Waals surface area (Å²) in [5.74, 6) is 0.0429. The summed E-state index contributed by atoms with van der Waals surface area (Å²) in [5, 5.41) is 10.4. The largest absolute Gasteiger partial charge is 0.507 e. The molecule has 1 aromatic rings. The number of hydrogen-bond acceptors (Lipinski definition) is 4. The van der Waals surface area contributed by atoms with Crippen LogP contribution in [0.1, 0.15) is 59.1 Å².